The van der Waals surface area contributed by atoms with Crippen LogP contribution in [-0.2, 0) is 16.0 Å². The topological polar surface area (TPSA) is 57.5 Å². The van der Waals surface area contributed by atoms with E-state index in [-0.39, 0.29) is 0 Å². The number of carboxylic acid groups (broad SMARTS) is 1. The van der Waals surface area contributed by atoms with Gasteiger partial charge in [0, 0.05) is 7.11 Å². The van der Waals surface area contributed by atoms with E-state index in [2.05, 4.69) is 16.0 Å². The second-order valence-corrected chi connectivity index (χ2v) is 0.623. The molecule has 0 heterocycles. The monoisotopic (exact) mass is 140 g/mol. The van der Waals surface area contributed by atoms with Gasteiger partial charge < -0.3 is 5.11 Å². The zero-order valence-electron chi connectivity index (χ0n) is 3.10. The van der Waals surface area contributed by atoms with Crippen molar-refractivity contribution in [3.05, 3.63) is 0 Å². The zero-order valence-corrected chi connectivity index (χ0v) is 4.05. The van der Waals surface area contributed by atoms with E-state index in [4.69, 9.17) is 15.0 Å². The van der Waals surface area contributed by atoms with Crippen molar-refractivity contribution >= 4 is 4.87 Å². The molecule has 0 aliphatic heterocycles. The minimum absolute atomic E-state index is 1.00. The van der Waals surface area contributed by atoms with E-state index in [9.17, 15) is 0 Å². The average Bonchev–Trinajstić information content (AvgIpc) is 1.41. The molecule has 0 aliphatic rings. The number of hydrogen-bond acceptors (Lipinski definition) is 2. The third-order valence-electron chi connectivity index (χ3n) is 0. The fraction of sp³-hybridized carbons (Fsp3) is 0.500. The van der Waals surface area contributed by atoms with E-state index in [1.807, 2.05) is 0 Å². The van der Waals surface area contributed by atoms with Crippen molar-refractivity contribution in [1.29, 1.82) is 0 Å². The molecule has 0 aromatic rings. The molecule has 4 heteroatoms. The van der Waals surface area contributed by atoms with Gasteiger partial charge in [0.2, 0.25) is 0 Å². The van der Waals surface area contributed by atoms with Gasteiger partial charge in [0.1, 0.15) is 0 Å². The summed E-state index contributed by atoms with van der Waals surface area (Å²) in [7, 11) is 1.00. The molecule has 0 bridgehead atoms. The third kappa shape index (κ3) is 13500. The Bertz CT molecular complexity index is 31.8. The minimum atomic E-state index is -1.27. The summed E-state index contributed by atoms with van der Waals surface area (Å²) in [5.74, 6) is 0. The summed E-state index contributed by atoms with van der Waals surface area (Å²) in [6.45, 7) is 0. The van der Waals surface area contributed by atoms with Crippen LogP contribution >= 0.6 is 0 Å². The predicted octanol–water partition coefficient (Wildman–Crippen LogP) is -0.180. The molecular weight excluding hydrogens is 136 g/mol. The number of hydrogen-bond donors (Lipinski definition) is 2. The summed E-state index contributed by atoms with van der Waals surface area (Å²) in [6.07, 6.45) is 0. The molecule has 0 radical (unpaired) electrons. The van der Waals surface area contributed by atoms with Crippen LogP contribution in [0.4, 0.5) is 4.79 Å². The molecule has 3 nitrogen and oxygen atoms in total. The number of aliphatic hydroxyl groups is 1. The summed E-state index contributed by atoms with van der Waals surface area (Å²) in [4.78, 5) is 7.53. The van der Waals surface area contributed by atoms with Gasteiger partial charge in [-0.1, -0.05) is 0 Å². The molecule has 0 fully saturated rings. The molecule has 0 aromatic heterocycles. The van der Waals surface area contributed by atoms with Gasteiger partial charge in [-0.15, -0.1) is 0 Å². The van der Waals surface area contributed by atoms with Gasteiger partial charge >= 0.3 is 30.8 Å². The van der Waals surface area contributed by atoms with E-state index in [1.165, 1.54) is 0 Å². The molecule has 2 N–H and O–H groups in total. The molecule has 42 valence electrons. The first kappa shape index (κ1) is 9.34. The maximum atomic E-state index is 8.81. The Morgan fingerprint density at radius 1 is 1.67 bits per heavy atom. The van der Waals surface area contributed by atoms with Crippen LogP contribution in [0.2, 0.25) is 0 Å². The van der Waals surface area contributed by atoms with Gasteiger partial charge in [0.05, 0.1) is 0 Å². The van der Waals surface area contributed by atoms with Crippen molar-refractivity contribution in [2.45, 2.75) is 0 Å². The van der Waals surface area contributed by atoms with Crippen molar-refractivity contribution in [3.8, 4) is 0 Å². The van der Waals surface area contributed by atoms with E-state index < -0.39 is 4.87 Å². The second-order valence-electron chi connectivity index (χ2n) is 0.220. The zero-order chi connectivity index (χ0) is 5.58. The normalized spacial score (nSPS) is 5.33. The molecular formula is C2H5CuO3. The Hall–Kier alpha value is -0.0505. The molecule has 0 saturated heterocycles. The standard InChI is InChI=1S/CHO2.CH4O.Cu/c2-1-3;1-2;/h(H,2,3);2H,1H3;. The van der Waals surface area contributed by atoms with Crippen molar-refractivity contribution in [3.63, 3.8) is 0 Å². The molecule has 0 spiro atoms. The van der Waals surface area contributed by atoms with Gasteiger partial charge in [0.25, 0.3) is 0 Å². The molecule has 0 unspecified atom stereocenters. The van der Waals surface area contributed by atoms with Gasteiger partial charge in [0.15, 0.2) is 0 Å². The maximum absolute atomic E-state index is 8.81. The fourth-order valence-electron chi connectivity index (χ4n) is 0. The third-order valence-corrected chi connectivity index (χ3v) is 0. The summed E-state index contributed by atoms with van der Waals surface area (Å²) in [5, 5.41) is 14.2. The summed E-state index contributed by atoms with van der Waals surface area (Å²) < 4.78 is 0. The summed E-state index contributed by atoms with van der Waals surface area (Å²) >= 11 is 3.66. The van der Waals surface area contributed by atoms with Gasteiger partial charge in [-0.05, 0) is 0 Å². The van der Waals surface area contributed by atoms with Crippen molar-refractivity contribution in [1.82, 2.24) is 0 Å². The summed E-state index contributed by atoms with van der Waals surface area (Å²) in [5.41, 5.74) is 0. The van der Waals surface area contributed by atoms with Gasteiger partial charge in [-0.3, -0.25) is 0 Å². The molecule has 0 saturated carbocycles. The fourth-order valence-corrected chi connectivity index (χ4v) is 0. The van der Waals surface area contributed by atoms with Gasteiger partial charge in [-0.2, -0.15) is 0 Å². The predicted molar refractivity (Wildman–Crippen MR) is 16.2 cm³/mol. The van der Waals surface area contributed by atoms with E-state index >= 15 is 0 Å². The molecule has 6 heavy (non-hydrogen) atoms. The van der Waals surface area contributed by atoms with E-state index in [1.54, 1.807) is 0 Å². The number of aliphatic hydroxyl groups excluding tert-OH is 1. The Morgan fingerprint density at radius 2 is 1.67 bits per heavy atom. The van der Waals surface area contributed by atoms with Crippen LogP contribution in [0.1, 0.15) is 0 Å². The molecule has 0 aromatic carbocycles. The average molecular weight is 141 g/mol. The molecule has 0 rings (SSSR count). The van der Waals surface area contributed by atoms with Crippen LogP contribution in [0.25, 0.3) is 0 Å². The Balaban J connectivity index is 0. The number of rotatable bonds is 0. The van der Waals surface area contributed by atoms with Gasteiger partial charge in [-0.25, -0.2) is 0 Å². The van der Waals surface area contributed by atoms with E-state index in [0.29, 0.717) is 0 Å². The van der Waals surface area contributed by atoms with Crippen molar-refractivity contribution < 1.29 is 31.0 Å². The molecule has 0 aliphatic carbocycles. The quantitative estimate of drug-likeness (QED) is 0.459. The van der Waals surface area contributed by atoms with Crippen LogP contribution in [0.15, 0.2) is 0 Å². The van der Waals surface area contributed by atoms with Crippen molar-refractivity contribution in [2.75, 3.05) is 7.11 Å². The Kier molecular flexibility index (Phi) is 13.8. The first-order valence-corrected chi connectivity index (χ1v) is 1.50. The van der Waals surface area contributed by atoms with Crippen LogP contribution in [0.3, 0.4) is 0 Å². The van der Waals surface area contributed by atoms with Crippen LogP contribution in [0, 0.1) is 0 Å². The second kappa shape index (κ2) is 8.87. The first-order chi connectivity index (χ1) is 2.73. The Labute approximate surface area is 43.8 Å². The van der Waals surface area contributed by atoms with Crippen LogP contribution in [0.5, 0.6) is 0 Å². The number of carbonyl (C=O) groups is 1. The molecule has 0 amide bonds. The van der Waals surface area contributed by atoms with E-state index in [0.717, 1.165) is 7.11 Å². The van der Waals surface area contributed by atoms with Crippen LogP contribution < -0.4 is 0 Å². The SMILES string of the molecule is CO.O=[C](O)[Cu]. The summed E-state index contributed by atoms with van der Waals surface area (Å²) in [6, 6.07) is 0. The molecule has 0 atom stereocenters. The first-order valence-electron chi connectivity index (χ1n) is 1.03. The van der Waals surface area contributed by atoms with Crippen LogP contribution in [-0.4, -0.2) is 22.2 Å². The Morgan fingerprint density at radius 3 is 1.67 bits per heavy atom. The van der Waals surface area contributed by atoms with Crippen molar-refractivity contribution in [2.24, 2.45) is 0 Å².